The number of benzene rings is 1. The van der Waals surface area contributed by atoms with Gasteiger partial charge in [-0.25, -0.2) is 19.3 Å². The molecule has 1 aromatic carbocycles. The predicted octanol–water partition coefficient (Wildman–Crippen LogP) is 4.82. The van der Waals surface area contributed by atoms with Crippen LogP contribution in [0.15, 0.2) is 48.9 Å². The Labute approximate surface area is 170 Å². The number of rotatable bonds is 5. The fourth-order valence-corrected chi connectivity index (χ4v) is 2.59. The highest BCUT2D eigenvalue weighted by atomic mass is 79.9. The van der Waals surface area contributed by atoms with Crippen LogP contribution in [0.5, 0.6) is 0 Å². The molecule has 0 spiro atoms. The molecule has 2 heterocycles. The lowest BCUT2D eigenvalue weighted by atomic mass is 10.1. The summed E-state index contributed by atoms with van der Waals surface area (Å²) < 4.78 is 52.3. The minimum Gasteiger partial charge on any atom is -0.340 e. The van der Waals surface area contributed by atoms with Crippen LogP contribution in [0, 0.1) is 5.82 Å². The number of carbonyl (C=O) groups is 1. The molecule has 0 saturated heterocycles. The molecule has 2 N–H and O–H groups in total. The Hall–Kier alpha value is -3.08. The molecule has 2 aromatic heterocycles. The second-order valence-electron chi connectivity index (χ2n) is 5.67. The summed E-state index contributed by atoms with van der Waals surface area (Å²) in [4.78, 5) is 23.9. The molecule has 0 atom stereocenters. The van der Waals surface area contributed by atoms with Crippen LogP contribution >= 0.6 is 15.9 Å². The van der Waals surface area contributed by atoms with Gasteiger partial charge < -0.3 is 10.6 Å². The molecule has 3 aromatic rings. The van der Waals surface area contributed by atoms with Crippen LogP contribution in [0.3, 0.4) is 0 Å². The van der Waals surface area contributed by atoms with Crippen molar-refractivity contribution < 1.29 is 22.4 Å². The van der Waals surface area contributed by atoms with E-state index in [-0.39, 0.29) is 17.3 Å². The van der Waals surface area contributed by atoms with Crippen LogP contribution in [-0.2, 0) is 11.0 Å². The molecule has 0 radical (unpaired) electrons. The van der Waals surface area contributed by atoms with Gasteiger partial charge in [-0.05, 0) is 24.3 Å². The van der Waals surface area contributed by atoms with Crippen molar-refractivity contribution in [2.75, 3.05) is 16.0 Å². The maximum atomic E-state index is 13.5. The number of hydrogen-bond acceptors (Lipinski definition) is 5. The molecule has 0 aliphatic heterocycles. The van der Waals surface area contributed by atoms with E-state index in [1.807, 2.05) is 0 Å². The van der Waals surface area contributed by atoms with E-state index in [1.54, 1.807) is 6.08 Å². The minimum absolute atomic E-state index is 0.0126. The van der Waals surface area contributed by atoms with Gasteiger partial charge in [0.1, 0.15) is 23.8 Å². The standard InChI is InChI=1S/C18H12BrF4N5O/c19-5-1-2-16(29)28-15-7-11-14(8-24-15)25-9-26-17(11)27-10-3-4-13(20)12(6-10)18(21,22)23/h1-4,6-9H,5H2,(H,24,28,29)(H,25,26,27)/b2-1+. The van der Waals surface area contributed by atoms with Crippen molar-refractivity contribution in [2.24, 2.45) is 0 Å². The molecular weight excluding hydrogens is 458 g/mol. The molecule has 0 aliphatic carbocycles. The third-order valence-electron chi connectivity index (χ3n) is 3.67. The molecule has 11 heteroatoms. The van der Waals surface area contributed by atoms with Crippen molar-refractivity contribution in [3.05, 3.63) is 60.3 Å². The van der Waals surface area contributed by atoms with E-state index in [4.69, 9.17) is 0 Å². The average Bonchev–Trinajstić information content (AvgIpc) is 2.67. The summed E-state index contributed by atoms with van der Waals surface area (Å²) in [7, 11) is 0. The second-order valence-corrected chi connectivity index (χ2v) is 6.32. The van der Waals surface area contributed by atoms with Gasteiger partial charge in [0.2, 0.25) is 5.91 Å². The van der Waals surface area contributed by atoms with Gasteiger partial charge >= 0.3 is 6.18 Å². The molecule has 0 aliphatic rings. The highest BCUT2D eigenvalue weighted by molar-refractivity contribution is 9.09. The zero-order chi connectivity index (χ0) is 21.0. The maximum absolute atomic E-state index is 13.5. The monoisotopic (exact) mass is 469 g/mol. The molecule has 0 unspecified atom stereocenters. The number of anilines is 3. The Morgan fingerprint density at radius 1 is 1.17 bits per heavy atom. The molecule has 6 nitrogen and oxygen atoms in total. The van der Waals surface area contributed by atoms with Gasteiger partial charge in [0.15, 0.2) is 0 Å². The smallest absolute Gasteiger partial charge is 0.340 e. The van der Waals surface area contributed by atoms with Gasteiger partial charge in [-0.15, -0.1) is 0 Å². The number of carbonyl (C=O) groups excluding carboxylic acids is 1. The lowest BCUT2D eigenvalue weighted by Gasteiger charge is -2.12. The number of nitrogens with one attached hydrogen (secondary N) is 2. The van der Waals surface area contributed by atoms with Crippen LogP contribution in [0.2, 0.25) is 0 Å². The van der Waals surface area contributed by atoms with Crippen LogP contribution in [0.25, 0.3) is 10.9 Å². The van der Waals surface area contributed by atoms with Crippen LogP contribution in [0.1, 0.15) is 5.56 Å². The molecule has 3 rings (SSSR count). The van der Waals surface area contributed by atoms with Crippen molar-refractivity contribution in [1.82, 2.24) is 15.0 Å². The summed E-state index contributed by atoms with van der Waals surface area (Å²) in [5.41, 5.74) is -1.01. The Bertz CT molecular complexity index is 1090. The molecule has 29 heavy (non-hydrogen) atoms. The van der Waals surface area contributed by atoms with Crippen molar-refractivity contribution >= 4 is 50.1 Å². The lowest BCUT2D eigenvalue weighted by Crippen LogP contribution is -2.10. The number of amides is 1. The molecule has 0 bridgehead atoms. The maximum Gasteiger partial charge on any atom is 0.419 e. The average molecular weight is 470 g/mol. The van der Waals surface area contributed by atoms with E-state index < -0.39 is 23.5 Å². The number of halogens is 5. The van der Waals surface area contributed by atoms with Crippen LogP contribution < -0.4 is 10.6 Å². The zero-order valence-electron chi connectivity index (χ0n) is 14.5. The number of nitrogens with zero attached hydrogens (tertiary/aromatic N) is 3. The first-order chi connectivity index (χ1) is 13.8. The largest absolute Gasteiger partial charge is 0.419 e. The summed E-state index contributed by atoms with van der Waals surface area (Å²) in [6.45, 7) is 0. The van der Waals surface area contributed by atoms with Crippen molar-refractivity contribution in [3.63, 3.8) is 0 Å². The summed E-state index contributed by atoms with van der Waals surface area (Å²) >= 11 is 3.16. The van der Waals surface area contributed by atoms with Crippen LogP contribution in [0.4, 0.5) is 34.9 Å². The molecular formula is C18H12BrF4N5O. The van der Waals surface area contributed by atoms with Gasteiger partial charge in [0.05, 0.1) is 17.3 Å². The topological polar surface area (TPSA) is 79.8 Å². The van der Waals surface area contributed by atoms with E-state index in [2.05, 4.69) is 41.5 Å². The van der Waals surface area contributed by atoms with Crippen molar-refractivity contribution in [1.29, 1.82) is 0 Å². The summed E-state index contributed by atoms with van der Waals surface area (Å²) in [6.07, 6.45) is 0.673. The number of hydrogen-bond donors (Lipinski definition) is 2. The predicted molar refractivity (Wildman–Crippen MR) is 104 cm³/mol. The van der Waals surface area contributed by atoms with Gasteiger partial charge in [0, 0.05) is 22.5 Å². The highest BCUT2D eigenvalue weighted by Crippen LogP contribution is 2.34. The van der Waals surface area contributed by atoms with Gasteiger partial charge in [-0.1, -0.05) is 22.0 Å². The third kappa shape index (κ3) is 5.05. The van der Waals surface area contributed by atoms with Crippen molar-refractivity contribution in [2.45, 2.75) is 6.18 Å². The Morgan fingerprint density at radius 3 is 2.69 bits per heavy atom. The summed E-state index contributed by atoms with van der Waals surface area (Å²) in [5.74, 6) is -1.41. The fourth-order valence-electron chi connectivity index (χ4n) is 2.40. The van der Waals surface area contributed by atoms with E-state index >= 15 is 0 Å². The highest BCUT2D eigenvalue weighted by Gasteiger charge is 2.34. The molecule has 0 saturated carbocycles. The Balaban J connectivity index is 1.95. The number of fused-ring (bicyclic) bond motifs is 1. The van der Waals surface area contributed by atoms with E-state index in [0.717, 1.165) is 12.1 Å². The van der Waals surface area contributed by atoms with E-state index in [1.165, 1.54) is 24.7 Å². The Kier molecular flexibility index (Phi) is 6.06. The molecule has 1 amide bonds. The van der Waals surface area contributed by atoms with Gasteiger partial charge in [0.25, 0.3) is 0 Å². The van der Waals surface area contributed by atoms with Gasteiger partial charge in [-0.2, -0.15) is 13.2 Å². The minimum atomic E-state index is -4.83. The fraction of sp³-hybridized carbons (Fsp3) is 0.111. The van der Waals surface area contributed by atoms with Crippen LogP contribution in [-0.4, -0.2) is 26.2 Å². The summed E-state index contributed by atoms with van der Waals surface area (Å²) in [6, 6.07) is 4.01. The normalized spacial score (nSPS) is 11.8. The summed E-state index contributed by atoms with van der Waals surface area (Å²) in [5, 5.41) is 6.19. The molecule has 150 valence electrons. The number of alkyl halides is 4. The van der Waals surface area contributed by atoms with Gasteiger partial charge in [-0.3, -0.25) is 4.79 Å². The SMILES string of the molecule is O=C(/C=C/CBr)Nc1cc2c(Nc3ccc(F)c(C(F)(F)F)c3)ncnc2cn1. The first kappa shape index (κ1) is 20.6. The second kappa shape index (κ2) is 8.52. The first-order valence-electron chi connectivity index (χ1n) is 8.06. The number of aromatic nitrogens is 3. The quantitative estimate of drug-likeness (QED) is 0.318. The van der Waals surface area contributed by atoms with E-state index in [0.29, 0.717) is 22.3 Å². The lowest BCUT2D eigenvalue weighted by molar-refractivity contribution is -0.139. The van der Waals surface area contributed by atoms with Crippen molar-refractivity contribution in [3.8, 4) is 0 Å². The first-order valence-corrected chi connectivity index (χ1v) is 9.18. The van der Waals surface area contributed by atoms with E-state index in [9.17, 15) is 22.4 Å². The third-order valence-corrected chi connectivity index (χ3v) is 4.04. The zero-order valence-corrected chi connectivity index (χ0v) is 16.1. The number of pyridine rings is 1. The number of allylic oxidation sites excluding steroid dienone is 1. The Morgan fingerprint density at radius 2 is 1.97 bits per heavy atom. The molecule has 0 fully saturated rings.